The molecule has 1 amide bonds. The normalized spacial score (nSPS) is 13.7. The van der Waals surface area contributed by atoms with E-state index < -0.39 is 0 Å². The lowest BCUT2D eigenvalue weighted by molar-refractivity contribution is 0.0734. The highest BCUT2D eigenvalue weighted by atomic mass is 35.5. The number of carbonyl (C=O) groups excluding carboxylic acids is 1. The second-order valence-electron chi connectivity index (χ2n) is 5.09. The summed E-state index contributed by atoms with van der Waals surface area (Å²) in [7, 11) is 1.56. The van der Waals surface area contributed by atoms with Gasteiger partial charge < -0.3 is 9.64 Å². The van der Waals surface area contributed by atoms with E-state index in [9.17, 15) is 4.79 Å². The Hall–Kier alpha value is -2.00. The number of ether oxygens (including phenoxy) is 1. The zero-order chi connectivity index (χ0) is 14.8. The van der Waals surface area contributed by atoms with Crippen molar-refractivity contribution < 1.29 is 9.53 Å². The van der Waals surface area contributed by atoms with E-state index in [1.807, 2.05) is 17.0 Å². The van der Waals surface area contributed by atoms with Crippen LogP contribution in [0.15, 0.2) is 42.5 Å². The van der Waals surface area contributed by atoms with Crippen molar-refractivity contribution in [3.05, 3.63) is 64.2 Å². The largest absolute Gasteiger partial charge is 0.495 e. The molecule has 0 aromatic heterocycles. The molecule has 3 rings (SSSR count). The van der Waals surface area contributed by atoms with E-state index in [2.05, 4.69) is 12.1 Å². The average Bonchev–Trinajstić information content (AvgIpc) is 2.53. The number of nitrogens with zero attached hydrogens (tertiary/aromatic N) is 1. The molecule has 1 aliphatic rings. The van der Waals surface area contributed by atoms with Crippen LogP contribution < -0.4 is 4.74 Å². The average molecular weight is 302 g/mol. The first-order valence-corrected chi connectivity index (χ1v) is 7.26. The topological polar surface area (TPSA) is 29.5 Å². The van der Waals surface area contributed by atoms with Gasteiger partial charge in [-0.25, -0.2) is 0 Å². The van der Waals surface area contributed by atoms with Gasteiger partial charge in [0.25, 0.3) is 5.91 Å². The Kier molecular flexibility index (Phi) is 3.84. The quantitative estimate of drug-likeness (QED) is 0.849. The van der Waals surface area contributed by atoms with Gasteiger partial charge in [-0.1, -0.05) is 35.9 Å². The van der Waals surface area contributed by atoms with Gasteiger partial charge in [0.05, 0.1) is 12.1 Å². The molecule has 0 spiro atoms. The van der Waals surface area contributed by atoms with E-state index in [-0.39, 0.29) is 5.91 Å². The predicted molar refractivity (Wildman–Crippen MR) is 82.9 cm³/mol. The first kappa shape index (κ1) is 14.0. The van der Waals surface area contributed by atoms with Crippen molar-refractivity contribution in [2.45, 2.75) is 13.0 Å². The lowest BCUT2D eigenvalue weighted by atomic mass is 9.99. The van der Waals surface area contributed by atoms with Crippen LogP contribution in [0.5, 0.6) is 5.75 Å². The zero-order valence-corrected chi connectivity index (χ0v) is 12.6. The van der Waals surface area contributed by atoms with Gasteiger partial charge in [0.2, 0.25) is 0 Å². The molecule has 0 aliphatic carbocycles. The summed E-state index contributed by atoms with van der Waals surface area (Å²) in [6.07, 6.45) is 0.895. The molecule has 2 aromatic rings. The first-order valence-electron chi connectivity index (χ1n) is 6.88. The second kappa shape index (κ2) is 5.78. The van der Waals surface area contributed by atoms with Crippen LogP contribution in [-0.2, 0) is 13.0 Å². The van der Waals surface area contributed by atoms with Crippen LogP contribution in [0.4, 0.5) is 0 Å². The number of halogens is 1. The van der Waals surface area contributed by atoms with E-state index >= 15 is 0 Å². The summed E-state index contributed by atoms with van der Waals surface area (Å²) in [5.74, 6) is 0.589. The molecule has 0 atom stereocenters. The monoisotopic (exact) mass is 301 g/mol. The molecule has 0 N–H and O–H groups in total. The maximum Gasteiger partial charge on any atom is 0.254 e. The van der Waals surface area contributed by atoms with Crippen LogP contribution in [0.25, 0.3) is 0 Å². The summed E-state index contributed by atoms with van der Waals surface area (Å²) >= 11 is 6.10. The van der Waals surface area contributed by atoms with Crippen LogP contribution in [0.3, 0.4) is 0 Å². The van der Waals surface area contributed by atoms with Crippen LogP contribution in [0.2, 0.25) is 5.02 Å². The molecular formula is C17H16ClNO2. The molecule has 21 heavy (non-hydrogen) atoms. The van der Waals surface area contributed by atoms with Crippen LogP contribution in [-0.4, -0.2) is 24.5 Å². The Bertz CT molecular complexity index is 684. The van der Waals surface area contributed by atoms with Gasteiger partial charge in [0.15, 0.2) is 0 Å². The van der Waals surface area contributed by atoms with Crippen molar-refractivity contribution in [3.63, 3.8) is 0 Å². The lowest BCUT2D eigenvalue weighted by Gasteiger charge is -2.29. The third-order valence-corrected chi connectivity index (χ3v) is 4.11. The number of benzene rings is 2. The van der Waals surface area contributed by atoms with Crippen LogP contribution in [0.1, 0.15) is 21.5 Å². The van der Waals surface area contributed by atoms with Crippen LogP contribution >= 0.6 is 11.6 Å². The van der Waals surface area contributed by atoms with Gasteiger partial charge in [-0.05, 0) is 35.7 Å². The van der Waals surface area contributed by atoms with E-state index in [0.29, 0.717) is 22.9 Å². The third kappa shape index (κ3) is 2.74. The van der Waals surface area contributed by atoms with E-state index in [4.69, 9.17) is 16.3 Å². The number of hydrogen-bond acceptors (Lipinski definition) is 2. The van der Waals surface area contributed by atoms with Crippen molar-refractivity contribution in [1.82, 2.24) is 4.90 Å². The molecule has 2 aromatic carbocycles. The minimum atomic E-state index is 0.00839. The molecule has 1 aliphatic heterocycles. The number of rotatable bonds is 2. The van der Waals surface area contributed by atoms with Crippen LogP contribution in [0, 0.1) is 0 Å². The van der Waals surface area contributed by atoms with Gasteiger partial charge in [-0.15, -0.1) is 0 Å². The molecule has 3 nitrogen and oxygen atoms in total. The Labute approximate surface area is 129 Å². The van der Waals surface area contributed by atoms with E-state index in [1.54, 1.807) is 25.3 Å². The summed E-state index contributed by atoms with van der Waals surface area (Å²) in [5.41, 5.74) is 3.14. The Morgan fingerprint density at radius 1 is 1.19 bits per heavy atom. The van der Waals surface area contributed by atoms with Crippen molar-refractivity contribution >= 4 is 17.5 Å². The molecule has 0 saturated carbocycles. The maximum absolute atomic E-state index is 12.6. The summed E-state index contributed by atoms with van der Waals surface area (Å²) in [6, 6.07) is 13.4. The minimum absolute atomic E-state index is 0.00839. The number of methoxy groups -OCH3 is 1. The molecule has 0 fully saturated rings. The van der Waals surface area contributed by atoms with Gasteiger partial charge in [-0.3, -0.25) is 4.79 Å². The number of carbonyl (C=O) groups is 1. The number of fused-ring (bicyclic) bond motifs is 1. The number of amides is 1. The summed E-state index contributed by atoms with van der Waals surface area (Å²) in [4.78, 5) is 14.4. The Morgan fingerprint density at radius 2 is 1.95 bits per heavy atom. The molecule has 0 unspecified atom stereocenters. The van der Waals surface area contributed by atoms with Crippen molar-refractivity contribution in [2.24, 2.45) is 0 Å². The SMILES string of the molecule is COc1ccc(C(=O)N2CCc3ccccc3C2)cc1Cl. The zero-order valence-electron chi connectivity index (χ0n) is 11.8. The van der Waals surface area contributed by atoms with Gasteiger partial charge >= 0.3 is 0 Å². The molecular weight excluding hydrogens is 286 g/mol. The van der Waals surface area contributed by atoms with Crippen molar-refractivity contribution in [1.29, 1.82) is 0 Å². The summed E-state index contributed by atoms with van der Waals surface area (Å²) in [5, 5.41) is 0.459. The second-order valence-corrected chi connectivity index (χ2v) is 5.50. The molecule has 0 bridgehead atoms. The molecule has 0 saturated heterocycles. The molecule has 1 heterocycles. The summed E-state index contributed by atoms with van der Waals surface area (Å²) in [6.45, 7) is 1.39. The third-order valence-electron chi connectivity index (χ3n) is 3.82. The van der Waals surface area contributed by atoms with E-state index in [0.717, 1.165) is 13.0 Å². The summed E-state index contributed by atoms with van der Waals surface area (Å²) < 4.78 is 5.11. The highest BCUT2D eigenvalue weighted by Crippen LogP contribution is 2.26. The first-order chi connectivity index (χ1) is 10.2. The van der Waals surface area contributed by atoms with Crippen molar-refractivity contribution in [3.8, 4) is 5.75 Å². The fourth-order valence-corrected chi connectivity index (χ4v) is 2.91. The smallest absolute Gasteiger partial charge is 0.254 e. The highest BCUT2D eigenvalue weighted by molar-refractivity contribution is 6.32. The van der Waals surface area contributed by atoms with E-state index in [1.165, 1.54) is 11.1 Å². The number of hydrogen-bond donors (Lipinski definition) is 0. The molecule has 108 valence electrons. The predicted octanol–water partition coefficient (Wildman–Crippen LogP) is 3.55. The fraction of sp³-hybridized carbons (Fsp3) is 0.235. The lowest BCUT2D eigenvalue weighted by Crippen LogP contribution is -2.35. The highest BCUT2D eigenvalue weighted by Gasteiger charge is 2.22. The Balaban J connectivity index is 1.82. The fourth-order valence-electron chi connectivity index (χ4n) is 2.65. The van der Waals surface area contributed by atoms with Gasteiger partial charge in [-0.2, -0.15) is 0 Å². The standard InChI is InChI=1S/C17H16ClNO2/c1-21-16-7-6-13(10-15(16)18)17(20)19-9-8-12-4-2-3-5-14(12)11-19/h2-7,10H,8-9,11H2,1H3. The molecule has 0 radical (unpaired) electrons. The van der Waals surface area contributed by atoms with Gasteiger partial charge in [0.1, 0.15) is 5.75 Å². The molecule has 4 heteroatoms. The maximum atomic E-state index is 12.6. The van der Waals surface area contributed by atoms with Crippen molar-refractivity contribution in [2.75, 3.05) is 13.7 Å². The van der Waals surface area contributed by atoms with Gasteiger partial charge in [0, 0.05) is 18.7 Å². The minimum Gasteiger partial charge on any atom is -0.495 e. The Morgan fingerprint density at radius 3 is 2.67 bits per heavy atom.